The zero-order chi connectivity index (χ0) is 24.9. The van der Waals surface area contributed by atoms with E-state index in [0.717, 1.165) is 17.6 Å². The summed E-state index contributed by atoms with van der Waals surface area (Å²) in [6.45, 7) is 3.70. The second kappa shape index (κ2) is 10.4. The average Bonchev–Trinajstić information content (AvgIpc) is 3.12. The van der Waals surface area contributed by atoms with Crippen LogP contribution >= 0.6 is 0 Å². The lowest BCUT2D eigenvalue weighted by Crippen LogP contribution is -2.21. The van der Waals surface area contributed by atoms with Gasteiger partial charge >= 0.3 is 6.18 Å². The molecular weight excluding hydrogens is 445 g/mol. The van der Waals surface area contributed by atoms with Gasteiger partial charge in [0.1, 0.15) is 35.8 Å². The predicted octanol–water partition coefficient (Wildman–Crippen LogP) is 1.24. The van der Waals surface area contributed by atoms with Gasteiger partial charge in [-0.15, -0.1) is 0 Å². The summed E-state index contributed by atoms with van der Waals surface area (Å²) in [5.41, 5.74) is 2.44. The molecule has 2 heterocycles. The molecule has 1 aromatic carbocycles. The van der Waals surface area contributed by atoms with E-state index < -0.39 is 47.8 Å². The molecule has 0 spiro atoms. The fourth-order valence-electron chi connectivity index (χ4n) is 2.77. The topological polar surface area (TPSA) is 131 Å². The van der Waals surface area contributed by atoms with Gasteiger partial charge in [-0.2, -0.15) is 18.3 Å². The van der Waals surface area contributed by atoms with Crippen molar-refractivity contribution in [2.24, 2.45) is 5.73 Å². The molecule has 12 heteroatoms. The predicted molar refractivity (Wildman–Crippen MR) is 110 cm³/mol. The molecule has 0 fully saturated rings. The SMILES string of the molecule is CC(O)C#Cc1ccc2c(c1)-n1nc(C(N)=O)c(C(F)(F)F)c1C(O)CO2.CCN(C)C=O. The van der Waals surface area contributed by atoms with Crippen LogP contribution in [-0.2, 0) is 11.0 Å². The number of ether oxygens (including phenoxy) is 1. The van der Waals surface area contributed by atoms with Gasteiger partial charge in [0.15, 0.2) is 5.69 Å². The van der Waals surface area contributed by atoms with Crippen LogP contribution in [0.3, 0.4) is 0 Å². The number of hydrogen-bond acceptors (Lipinski definition) is 6. The first-order chi connectivity index (χ1) is 15.4. The largest absolute Gasteiger partial charge is 0.488 e. The Morgan fingerprint density at radius 2 is 2.15 bits per heavy atom. The summed E-state index contributed by atoms with van der Waals surface area (Å²) in [6.07, 6.45) is -6.75. The van der Waals surface area contributed by atoms with Crippen molar-refractivity contribution in [1.82, 2.24) is 14.7 Å². The molecule has 1 aliphatic rings. The first-order valence-electron chi connectivity index (χ1n) is 9.71. The highest BCUT2D eigenvalue weighted by Crippen LogP contribution is 2.41. The minimum absolute atomic E-state index is 0.0527. The lowest BCUT2D eigenvalue weighted by Gasteiger charge is -2.13. The zero-order valence-corrected chi connectivity index (χ0v) is 18.1. The normalized spacial score (nSPS) is 15.2. The van der Waals surface area contributed by atoms with Gasteiger partial charge in [0, 0.05) is 19.2 Å². The van der Waals surface area contributed by atoms with Crippen molar-refractivity contribution in [2.45, 2.75) is 32.2 Å². The van der Waals surface area contributed by atoms with Gasteiger partial charge in [0.2, 0.25) is 6.41 Å². The molecule has 9 nitrogen and oxygen atoms in total. The van der Waals surface area contributed by atoms with Crippen molar-refractivity contribution in [3.05, 3.63) is 40.7 Å². The number of benzene rings is 1. The molecule has 0 radical (unpaired) electrons. The number of fused-ring (bicyclic) bond motifs is 3. The lowest BCUT2D eigenvalue weighted by atomic mass is 10.1. The molecule has 2 amide bonds. The van der Waals surface area contributed by atoms with E-state index in [1.807, 2.05) is 6.92 Å². The highest BCUT2D eigenvalue weighted by molar-refractivity contribution is 5.93. The molecule has 0 aliphatic carbocycles. The van der Waals surface area contributed by atoms with Crippen LogP contribution in [0.1, 0.15) is 47.3 Å². The number of primary amides is 1. The lowest BCUT2D eigenvalue weighted by molar-refractivity contribution is -0.139. The van der Waals surface area contributed by atoms with Crippen LogP contribution in [0.25, 0.3) is 5.69 Å². The van der Waals surface area contributed by atoms with Crippen LogP contribution in [0.5, 0.6) is 5.75 Å². The third-order valence-corrected chi connectivity index (χ3v) is 4.44. The van der Waals surface area contributed by atoms with Crippen molar-refractivity contribution in [1.29, 1.82) is 0 Å². The molecule has 2 aromatic rings. The van der Waals surface area contributed by atoms with Crippen LogP contribution in [0.4, 0.5) is 13.2 Å². The van der Waals surface area contributed by atoms with Gasteiger partial charge in [-0.25, -0.2) is 4.68 Å². The van der Waals surface area contributed by atoms with E-state index >= 15 is 0 Å². The summed E-state index contributed by atoms with van der Waals surface area (Å²) in [5, 5.41) is 23.1. The zero-order valence-electron chi connectivity index (χ0n) is 18.1. The number of hydrogen-bond donors (Lipinski definition) is 3. The molecule has 0 bridgehead atoms. The van der Waals surface area contributed by atoms with Gasteiger partial charge in [-0.3, -0.25) is 9.59 Å². The molecule has 1 aliphatic heterocycles. The number of halogens is 3. The van der Waals surface area contributed by atoms with Crippen molar-refractivity contribution in [3.63, 3.8) is 0 Å². The number of nitrogens with zero attached hydrogens (tertiary/aromatic N) is 3. The monoisotopic (exact) mass is 468 g/mol. The van der Waals surface area contributed by atoms with E-state index in [1.54, 1.807) is 11.9 Å². The summed E-state index contributed by atoms with van der Waals surface area (Å²) in [6, 6.07) is 4.36. The van der Waals surface area contributed by atoms with Gasteiger partial charge < -0.3 is 25.6 Å². The number of amides is 2. The van der Waals surface area contributed by atoms with Gasteiger partial charge in [0.25, 0.3) is 5.91 Å². The van der Waals surface area contributed by atoms with Crippen LogP contribution in [0.15, 0.2) is 18.2 Å². The van der Waals surface area contributed by atoms with E-state index in [2.05, 4.69) is 16.9 Å². The molecular formula is C21H23F3N4O5. The number of aliphatic hydroxyl groups excluding tert-OH is 2. The Morgan fingerprint density at radius 1 is 1.48 bits per heavy atom. The molecule has 2 unspecified atom stereocenters. The standard InChI is InChI=1S/C17H14F3N3O4.C4H9NO/c1-8(24)2-3-9-4-5-12-10(6-9)23-15(11(25)7-27-12)13(17(18,19)20)14(22-23)16(21)26;1-3-5(2)4-6/h4-6,8,11,24-25H,7H2,1H3,(H2,21,26);4H,3H2,1-2H3. The first-order valence-corrected chi connectivity index (χ1v) is 9.71. The van der Waals surface area contributed by atoms with Crippen LogP contribution < -0.4 is 10.5 Å². The van der Waals surface area contributed by atoms with Gasteiger partial charge in [-0.1, -0.05) is 11.8 Å². The van der Waals surface area contributed by atoms with Crippen LogP contribution in [-0.4, -0.2) is 63.5 Å². The molecule has 0 saturated carbocycles. The summed E-state index contributed by atoms with van der Waals surface area (Å²) in [5.74, 6) is 3.93. The minimum Gasteiger partial charge on any atom is -0.488 e. The van der Waals surface area contributed by atoms with E-state index in [0.29, 0.717) is 5.56 Å². The maximum absolute atomic E-state index is 13.5. The molecule has 3 rings (SSSR count). The van der Waals surface area contributed by atoms with Gasteiger partial charge in [0.05, 0.1) is 5.69 Å². The van der Waals surface area contributed by atoms with Crippen molar-refractivity contribution >= 4 is 12.3 Å². The summed E-state index contributed by atoms with van der Waals surface area (Å²) in [4.78, 5) is 22.7. The average molecular weight is 468 g/mol. The van der Waals surface area contributed by atoms with E-state index in [4.69, 9.17) is 10.5 Å². The van der Waals surface area contributed by atoms with Crippen molar-refractivity contribution < 1.29 is 37.7 Å². The summed E-state index contributed by atoms with van der Waals surface area (Å²) < 4.78 is 46.8. The van der Waals surface area contributed by atoms with E-state index in [1.165, 1.54) is 25.1 Å². The highest BCUT2D eigenvalue weighted by Gasteiger charge is 2.44. The van der Waals surface area contributed by atoms with E-state index in [9.17, 15) is 33.0 Å². The summed E-state index contributed by atoms with van der Waals surface area (Å²) in [7, 11) is 1.74. The van der Waals surface area contributed by atoms with Crippen molar-refractivity contribution in [3.8, 4) is 23.3 Å². The fourth-order valence-corrected chi connectivity index (χ4v) is 2.77. The Kier molecular flexibility index (Phi) is 8.08. The Labute approximate surface area is 187 Å². The smallest absolute Gasteiger partial charge is 0.420 e. The highest BCUT2D eigenvalue weighted by atomic mass is 19.4. The Balaban J connectivity index is 0.000000569. The van der Waals surface area contributed by atoms with Gasteiger partial charge in [-0.05, 0) is 32.0 Å². The maximum Gasteiger partial charge on any atom is 0.420 e. The minimum atomic E-state index is -4.97. The third kappa shape index (κ3) is 6.03. The number of alkyl halides is 3. The maximum atomic E-state index is 13.5. The molecule has 33 heavy (non-hydrogen) atoms. The number of aliphatic hydroxyl groups is 2. The molecule has 1 aromatic heterocycles. The van der Waals surface area contributed by atoms with E-state index in [-0.39, 0.29) is 11.4 Å². The van der Waals surface area contributed by atoms with Crippen LogP contribution in [0.2, 0.25) is 0 Å². The second-order valence-corrected chi connectivity index (χ2v) is 7.02. The number of aromatic nitrogens is 2. The number of nitrogens with two attached hydrogens (primary N) is 1. The molecule has 0 saturated heterocycles. The van der Waals surface area contributed by atoms with Crippen molar-refractivity contribution in [2.75, 3.05) is 20.2 Å². The first kappa shape index (κ1) is 25.7. The molecule has 178 valence electrons. The number of carbonyl (C=O) groups is 2. The van der Waals surface area contributed by atoms with Crippen LogP contribution in [0, 0.1) is 11.8 Å². The molecule has 2 atom stereocenters. The summed E-state index contributed by atoms with van der Waals surface area (Å²) >= 11 is 0. The number of rotatable bonds is 3. The quantitative estimate of drug-likeness (QED) is 0.459. The molecule has 4 N–H and O–H groups in total. The number of carbonyl (C=O) groups excluding carboxylic acids is 2. The second-order valence-electron chi connectivity index (χ2n) is 7.02. The fraction of sp³-hybridized carbons (Fsp3) is 0.381. The Hall–Kier alpha value is -3.56. The Morgan fingerprint density at radius 3 is 2.64 bits per heavy atom. The Bertz CT molecular complexity index is 1090. The third-order valence-electron chi connectivity index (χ3n) is 4.44.